The third kappa shape index (κ3) is 5.71. The third-order valence-corrected chi connectivity index (χ3v) is 3.79. The summed E-state index contributed by atoms with van der Waals surface area (Å²) in [5.41, 5.74) is 0. The number of hydrogen-bond donors (Lipinski definition) is 0. The summed E-state index contributed by atoms with van der Waals surface area (Å²) in [5, 5.41) is 0. The molecule has 0 aromatic carbocycles. The van der Waals surface area contributed by atoms with Crippen LogP contribution in [0.1, 0.15) is 0 Å². The van der Waals surface area contributed by atoms with Gasteiger partial charge in [-0.05, 0) is 0 Å². The lowest BCUT2D eigenvalue weighted by atomic mass is 9.98. The molecule has 0 aliphatic heterocycles. The van der Waals surface area contributed by atoms with E-state index in [1.54, 1.807) is 0 Å². The van der Waals surface area contributed by atoms with Gasteiger partial charge in [0.05, 0.1) is 0 Å². The summed E-state index contributed by atoms with van der Waals surface area (Å²) < 4.78 is 332. The van der Waals surface area contributed by atoms with E-state index in [2.05, 4.69) is 0 Å². The van der Waals surface area contributed by atoms with Gasteiger partial charge in [-0.1, -0.05) is 0 Å². The molecule has 0 amide bonds. The first-order chi connectivity index (χ1) is 16.5. The molecule has 0 spiro atoms. The van der Waals surface area contributed by atoms with Gasteiger partial charge in [0.1, 0.15) is 0 Å². The molecule has 0 rings (SSSR count). The van der Waals surface area contributed by atoms with Crippen LogP contribution in [0.5, 0.6) is 0 Å². The minimum atomic E-state index is -8.04. The van der Waals surface area contributed by atoms with Gasteiger partial charge in [0, 0.05) is 0 Å². The molecule has 0 saturated heterocycles. The Bertz CT molecular complexity index is 710. The van der Waals surface area contributed by atoms with Crippen molar-refractivity contribution in [2.45, 2.75) is 72.1 Å². The molecule has 0 unspecified atom stereocenters. The molecule has 0 aliphatic rings. The minimum Gasteiger partial charge on any atom is -0.192 e. The van der Waals surface area contributed by atoms with Gasteiger partial charge in [-0.15, -0.1) is 0 Å². The molecule has 0 heterocycles. The molecule has 28 heteroatoms. The molecule has 244 valence electrons. The fraction of sp³-hybridized carbons (Fsp3) is 1.00. The second kappa shape index (κ2) is 9.81. The van der Waals surface area contributed by atoms with Crippen molar-refractivity contribution < 1.29 is 123 Å². The lowest BCUT2D eigenvalue weighted by Gasteiger charge is -2.37. The van der Waals surface area contributed by atoms with Crippen molar-refractivity contribution in [2.24, 2.45) is 0 Å². The van der Waals surface area contributed by atoms with Crippen LogP contribution in [0.25, 0.3) is 0 Å². The molecular formula is C12F28. The molecule has 0 saturated carbocycles. The van der Waals surface area contributed by atoms with Crippen LogP contribution >= 0.6 is 0 Å². The summed E-state index contributed by atoms with van der Waals surface area (Å²) in [6, 6.07) is 0. The molecule has 0 fully saturated rings. The Hall–Kier alpha value is -1.96. The summed E-state index contributed by atoms with van der Waals surface area (Å²) in [7, 11) is 0. The molecular weight excluding hydrogens is 676 g/mol. The van der Waals surface area contributed by atoms with Crippen LogP contribution in [0.4, 0.5) is 123 Å². The number of rotatable bonds is 6. The number of alkyl halides is 28. The van der Waals surface area contributed by atoms with Gasteiger partial charge in [-0.3, -0.25) is 0 Å². The Kier molecular flexibility index (Phi) is 9.85. The lowest BCUT2D eigenvalue weighted by molar-refractivity contribution is -0.451. The fourth-order valence-corrected chi connectivity index (χ4v) is 1.50. The Morgan fingerprint density at radius 1 is 0.125 bits per heavy atom. The van der Waals surface area contributed by atoms with Gasteiger partial charge < -0.3 is 0 Å². The van der Waals surface area contributed by atoms with E-state index in [1.807, 2.05) is 0 Å². The van der Waals surface area contributed by atoms with Crippen LogP contribution in [-0.4, -0.2) is 72.1 Å². The smallest absolute Gasteiger partial charge is 0.192 e. The molecule has 0 N–H and O–H groups in total. The summed E-state index contributed by atoms with van der Waals surface area (Å²) in [5.74, 6) is -63.5. The quantitative estimate of drug-likeness (QED) is 0.246. The van der Waals surface area contributed by atoms with Crippen LogP contribution in [0.3, 0.4) is 0 Å². The second-order valence-electron chi connectivity index (χ2n) is 6.59. The topological polar surface area (TPSA) is 0 Å². The first kappa shape index (κ1) is 40.2. The van der Waals surface area contributed by atoms with Crippen molar-refractivity contribution in [2.75, 3.05) is 0 Å². The largest absolute Gasteiger partial charge is 0.460 e. The van der Waals surface area contributed by atoms with E-state index in [4.69, 9.17) is 0 Å². The number of halogens is 28. The summed E-state index contributed by atoms with van der Waals surface area (Å²) in [4.78, 5) is 0. The lowest BCUT2D eigenvalue weighted by Crippen LogP contribution is -2.69. The molecule has 0 atom stereocenters. The molecule has 0 aromatic rings. The van der Waals surface area contributed by atoms with Gasteiger partial charge in [0.25, 0.3) is 0 Å². The maximum absolute atomic E-state index is 12.3. The van der Waals surface area contributed by atoms with Gasteiger partial charge >= 0.3 is 72.1 Å². The SMILES string of the molecule is FC(F)(F)C(F)(F)C(F)(F)C(F)(F)C(F)(F)C(F)(F)F.FC(F)(F)C(F)(F)C(F)(F)C(F)(F)C(F)(F)C(F)(F)F. The van der Waals surface area contributed by atoms with Crippen molar-refractivity contribution in [3.63, 3.8) is 0 Å². The van der Waals surface area contributed by atoms with Crippen LogP contribution in [0, 0.1) is 0 Å². The second-order valence-corrected chi connectivity index (χ2v) is 6.59. The van der Waals surface area contributed by atoms with E-state index < -0.39 is 72.1 Å². The highest BCUT2D eigenvalue weighted by Gasteiger charge is 2.92. The van der Waals surface area contributed by atoms with E-state index in [1.165, 1.54) is 0 Å². The molecule has 0 nitrogen and oxygen atoms in total. The van der Waals surface area contributed by atoms with Crippen LogP contribution in [0.2, 0.25) is 0 Å². The van der Waals surface area contributed by atoms with E-state index in [0.29, 0.717) is 0 Å². The summed E-state index contributed by atoms with van der Waals surface area (Å²) >= 11 is 0. The average molecular weight is 676 g/mol. The van der Waals surface area contributed by atoms with Crippen molar-refractivity contribution in [3.8, 4) is 0 Å². The zero-order valence-corrected chi connectivity index (χ0v) is 16.6. The highest BCUT2D eigenvalue weighted by Crippen LogP contribution is 2.61. The third-order valence-electron chi connectivity index (χ3n) is 3.79. The Morgan fingerprint density at radius 2 is 0.200 bits per heavy atom. The monoisotopic (exact) mass is 676 g/mol. The predicted octanol–water partition coefficient (Wildman–Crippen LogP) is 9.30. The maximum atomic E-state index is 12.3. The van der Waals surface area contributed by atoms with Crippen molar-refractivity contribution in [1.29, 1.82) is 0 Å². The van der Waals surface area contributed by atoms with Crippen molar-refractivity contribution in [1.82, 2.24) is 0 Å². The summed E-state index contributed by atoms with van der Waals surface area (Å²) in [6.07, 6.45) is -29.9. The van der Waals surface area contributed by atoms with E-state index in [-0.39, 0.29) is 0 Å². The van der Waals surface area contributed by atoms with Crippen LogP contribution < -0.4 is 0 Å². The van der Waals surface area contributed by atoms with Crippen LogP contribution in [0.15, 0.2) is 0 Å². The fourth-order valence-electron chi connectivity index (χ4n) is 1.50. The first-order valence-electron chi connectivity index (χ1n) is 7.79. The zero-order valence-electron chi connectivity index (χ0n) is 16.6. The standard InChI is InChI=1S/2C6F14/c2*7-1(8,3(11,12)5(15,16)17)2(9,10)4(13,14)6(18,19)20. The van der Waals surface area contributed by atoms with E-state index in [9.17, 15) is 123 Å². The number of hydrogen-bond acceptors (Lipinski definition) is 0. The molecule has 0 aliphatic carbocycles. The van der Waals surface area contributed by atoms with Gasteiger partial charge in [-0.2, -0.15) is 123 Å². The molecule has 0 aromatic heterocycles. The summed E-state index contributed by atoms with van der Waals surface area (Å²) in [6.45, 7) is 0. The van der Waals surface area contributed by atoms with E-state index >= 15 is 0 Å². The normalized spacial score (nSPS) is 16.5. The van der Waals surface area contributed by atoms with E-state index in [0.717, 1.165) is 0 Å². The predicted molar refractivity (Wildman–Crippen MR) is 63.8 cm³/mol. The maximum Gasteiger partial charge on any atom is 0.460 e. The van der Waals surface area contributed by atoms with Gasteiger partial charge in [0.2, 0.25) is 0 Å². The van der Waals surface area contributed by atoms with Crippen molar-refractivity contribution >= 4 is 0 Å². The highest BCUT2D eigenvalue weighted by molar-refractivity contribution is 5.09. The molecule has 0 radical (unpaired) electrons. The minimum absolute atomic E-state index is 7.48. The van der Waals surface area contributed by atoms with Crippen molar-refractivity contribution in [3.05, 3.63) is 0 Å². The average Bonchev–Trinajstić information content (AvgIpc) is 2.63. The van der Waals surface area contributed by atoms with Gasteiger partial charge in [-0.25, -0.2) is 0 Å². The molecule has 0 bridgehead atoms. The Morgan fingerprint density at radius 3 is 0.250 bits per heavy atom. The molecule has 40 heavy (non-hydrogen) atoms. The zero-order chi connectivity index (χ0) is 34.0. The van der Waals surface area contributed by atoms with Gasteiger partial charge in [0.15, 0.2) is 0 Å². The highest BCUT2D eigenvalue weighted by atomic mass is 19.5. The Balaban J connectivity index is 0. The van der Waals surface area contributed by atoms with Crippen LogP contribution in [-0.2, 0) is 0 Å². The Labute approximate surface area is 196 Å². The first-order valence-corrected chi connectivity index (χ1v) is 7.79.